The van der Waals surface area contributed by atoms with Gasteiger partial charge in [0.25, 0.3) is 0 Å². The van der Waals surface area contributed by atoms with Gasteiger partial charge in [0.15, 0.2) is 0 Å². The van der Waals surface area contributed by atoms with E-state index in [0.717, 1.165) is 0 Å². The molecule has 0 radical (unpaired) electrons. The van der Waals surface area contributed by atoms with E-state index in [-0.39, 0.29) is 4.99 Å². The first-order valence-corrected chi connectivity index (χ1v) is 2.68. The molecule has 0 rings (SSSR count). The Balaban J connectivity index is 3.83. The molecule has 0 aliphatic rings. The summed E-state index contributed by atoms with van der Waals surface area (Å²) in [5.74, 6) is -1.11. The van der Waals surface area contributed by atoms with E-state index in [0.29, 0.717) is 0 Å². The molecule has 0 saturated heterocycles. The van der Waals surface area contributed by atoms with Crippen molar-refractivity contribution in [3.63, 3.8) is 0 Å². The predicted octanol–water partition coefficient (Wildman–Crippen LogP) is -0.344. The first-order valence-electron chi connectivity index (χ1n) is 1.76. The maximum Gasteiger partial charge on any atom is 0.323 e. The van der Waals surface area contributed by atoms with Gasteiger partial charge in [0, 0.05) is 0 Å². The smallest absolute Gasteiger partial charge is 0.323 e. The summed E-state index contributed by atoms with van der Waals surface area (Å²) in [5.41, 5.74) is 4.91. The number of rotatable bonds is 2. The zero-order valence-electron chi connectivity index (χ0n) is 3.87. The van der Waals surface area contributed by atoms with Gasteiger partial charge in [-0.1, -0.05) is 12.2 Å². The van der Waals surface area contributed by atoms with Crippen LogP contribution < -0.4 is 5.73 Å². The first-order chi connectivity index (χ1) is 3.55. The monoisotopic (exact) mass is 151 g/mol. The van der Waals surface area contributed by atoms with Crippen LogP contribution in [0.4, 0.5) is 0 Å². The number of nitrogens with two attached hydrogens (primary N) is 1. The van der Waals surface area contributed by atoms with Crippen molar-refractivity contribution >= 4 is 35.8 Å². The van der Waals surface area contributed by atoms with E-state index in [4.69, 9.17) is 10.8 Å². The molecular weight excluding hydrogens is 146 g/mol. The minimum atomic E-state index is -1.11. The Morgan fingerprint density at radius 2 is 2.25 bits per heavy atom. The van der Waals surface area contributed by atoms with Gasteiger partial charge < -0.3 is 10.8 Å². The summed E-state index contributed by atoms with van der Waals surface area (Å²) in [6, 6.07) is 0. The standard InChI is InChI=1S/C3H5NO2S2/c4-2(8)1(7)3(5)6/h1,7H,(H2,4,8)(H,5,6). The lowest BCUT2D eigenvalue weighted by Crippen LogP contribution is -2.28. The molecular formula is C3H5NO2S2. The molecule has 0 aliphatic carbocycles. The van der Waals surface area contributed by atoms with Crippen LogP contribution in [0.25, 0.3) is 0 Å². The van der Waals surface area contributed by atoms with Crippen molar-refractivity contribution in [2.75, 3.05) is 0 Å². The molecule has 0 saturated carbocycles. The number of hydrogen-bond acceptors (Lipinski definition) is 3. The third-order valence-corrected chi connectivity index (χ3v) is 1.41. The lowest BCUT2D eigenvalue weighted by Gasteiger charge is -1.98. The van der Waals surface area contributed by atoms with Gasteiger partial charge in [-0.25, -0.2) is 0 Å². The number of thiol groups is 1. The zero-order chi connectivity index (χ0) is 6.73. The second-order valence-corrected chi connectivity index (χ2v) is 2.13. The lowest BCUT2D eigenvalue weighted by molar-refractivity contribution is -0.135. The average molecular weight is 151 g/mol. The predicted molar refractivity (Wildman–Crippen MR) is 37.2 cm³/mol. The van der Waals surface area contributed by atoms with E-state index < -0.39 is 11.2 Å². The molecule has 0 aromatic carbocycles. The Morgan fingerprint density at radius 3 is 2.25 bits per heavy atom. The molecule has 3 nitrogen and oxygen atoms in total. The zero-order valence-corrected chi connectivity index (χ0v) is 5.58. The van der Waals surface area contributed by atoms with Crippen molar-refractivity contribution in [1.82, 2.24) is 0 Å². The van der Waals surface area contributed by atoms with Crippen LogP contribution in [-0.2, 0) is 4.79 Å². The van der Waals surface area contributed by atoms with Gasteiger partial charge >= 0.3 is 5.97 Å². The van der Waals surface area contributed by atoms with Crippen LogP contribution in [0, 0.1) is 0 Å². The number of hydrogen-bond donors (Lipinski definition) is 3. The first kappa shape index (κ1) is 7.71. The van der Waals surface area contributed by atoms with Crippen molar-refractivity contribution < 1.29 is 9.90 Å². The second kappa shape index (κ2) is 2.88. The number of carbonyl (C=O) groups is 1. The normalized spacial score (nSPS) is 12.6. The Bertz CT molecular complexity index is 110. The molecule has 0 aromatic heterocycles. The van der Waals surface area contributed by atoms with E-state index in [9.17, 15) is 4.79 Å². The summed E-state index contributed by atoms with van der Waals surface area (Å²) in [6.07, 6.45) is 0. The van der Waals surface area contributed by atoms with Crippen molar-refractivity contribution in [2.45, 2.75) is 5.25 Å². The average Bonchev–Trinajstić information content (AvgIpc) is 1.64. The molecule has 1 unspecified atom stereocenters. The van der Waals surface area contributed by atoms with Crippen LogP contribution in [0.2, 0.25) is 0 Å². The van der Waals surface area contributed by atoms with Gasteiger partial charge in [-0.05, 0) is 0 Å². The summed E-state index contributed by atoms with van der Waals surface area (Å²) < 4.78 is 0. The van der Waals surface area contributed by atoms with E-state index >= 15 is 0 Å². The van der Waals surface area contributed by atoms with Crippen molar-refractivity contribution in [3.8, 4) is 0 Å². The van der Waals surface area contributed by atoms with Gasteiger partial charge in [0.05, 0.1) is 4.99 Å². The third-order valence-electron chi connectivity index (χ3n) is 0.503. The van der Waals surface area contributed by atoms with Gasteiger partial charge in [-0.15, -0.1) is 0 Å². The minimum absolute atomic E-state index is 0.110. The summed E-state index contributed by atoms with van der Waals surface area (Å²) >= 11 is 7.87. The number of carboxylic acids is 1. The number of carboxylic acid groups (broad SMARTS) is 1. The number of aliphatic carboxylic acids is 1. The molecule has 0 aliphatic heterocycles. The van der Waals surface area contributed by atoms with E-state index in [1.807, 2.05) is 0 Å². The molecule has 0 aromatic rings. The molecule has 0 fully saturated rings. The van der Waals surface area contributed by atoms with Gasteiger partial charge in [0.2, 0.25) is 0 Å². The van der Waals surface area contributed by atoms with E-state index in [1.165, 1.54) is 0 Å². The van der Waals surface area contributed by atoms with Crippen molar-refractivity contribution in [2.24, 2.45) is 5.73 Å². The molecule has 0 amide bonds. The fourth-order valence-electron chi connectivity index (χ4n) is 0.122. The van der Waals surface area contributed by atoms with Crippen molar-refractivity contribution in [3.05, 3.63) is 0 Å². The molecule has 46 valence electrons. The summed E-state index contributed by atoms with van der Waals surface area (Å²) in [4.78, 5) is 9.79. The Morgan fingerprint density at radius 1 is 1.88 bits per heavy atom. The fraction of sp³-hybridized carbons (Fsp3) is 0.333. The van der Waals surface area contributed by atoms with Crippen LogP contribution in [0.5, 0.6) is 0 Å². The Hall–Kier alpha value is -0.290. The molecule has 1 atom stereocenters. The van der Waals surface area contributed by atoms with Crippen LogP contribution in [0.1, 0.15) is 0 Å². The maximum absolute atomic E-state index is 9.90. The third kappa shape index (κ3) is 2.13. The quantitative estimate of drug-likeness (QED) is 0.373. The summed E-state index contributed by atoms with van der Waals surface area (Å²) in [7, 11) is 0. The topological polar surface area (TPSA) is 63.3 Å². The highest BCUT2D eigenvalue weighted by molar-refractivity contribution is 7.87. The SMILES string of the molecule is NC(=S)C(S)C(=O)O. The molecule has 8 heavy (non-hydrogen) atoms. The van der Waals surface area contributed by atoms with Crippen LogP contribution in [-0.4, -0.2) is 21.3 Å². The summed E-state index contributed by atoms with van der Waals surface area (Å²) in [6.45, 7) is 0. The Kier molecular flexibility index (Phi) is 2.78. The maximum atomic E-state index is 9.90. The van der Waals surface area contributed by atoms with E-state index in [1.54, 1.807) is 0 Å². The molecule has 0 spiro atoms. The van der Waals surface area contributed by atoms with Gasteiger partial charge in [-0.3, -0.25) is 4.79 Å². The largest absolute Gasteiger partial charge is 0.480 e. The van der Waals surface area contributed by atoms with Crippen LogP contribution >= 0.6 is 24.8 Å². The second-order valence-electron chi connectivity index (χ2n) is 1.14. The highest BCUT2D eigenvalue weighted by Crippen LogP contribution is 1.93. The number of thiocarbonyl (C=S) groups is 1. The van der Waals surface area contributed by atoms with Crippen LogP contribution in [0.15, 0.2) is 0 Å². The Labute approximate surface area is 57.3 Å². The summed E-state index contributed by atoms with van der Waals surface area (Å²) in [5, 5.41) is 7.10. The highest BCUT2D eigenvalue weighted by atomic mass is 32.1. The molecule has 0 heterocycles. The molecule has 5 heteroatoms. The van der Waals surface area contributed by atoms with Crippen molar-refractivity contribution in [1.29, 1.82) is 0 Å². The molecule has 3 N–H and O–H groups in total. The van der Waals surface area contributed by atoms with E-state index in [2.05, 4.69) is 24.8 Å². The minimum Gasteiger partial charge on any atom is -0.480 e. The lowest BCUT2D eigenvalue weighted by atomic mass is 10.4. The van der Waals surface area contributed by atoms with Crippen LogP contribution in [0.3, 0.4) is 0 Å². The molecule has 0 bridgehead atoms. The fourth-order valence-corrected chi connectivity index (χ4v) is 0.223. The van der Waals surface area contributed by atoms with Gasteiger partial charge in [0.1, 0.15) is 5.25 Å². The highest BCUT2D eigenvalue weighted by Gasteiger charge is 2.13. The van der Waals surface area contributed by atoms with Gasteiger partial charge in [-0.2, -0.15) is 12.6 Å².